The number of phenolic OH excluding ortho intramolecular Hbond substituents is 1. The molecule has 4 heteroatoms. The molecule has 0 saturated carbocycles. The molecule has 1 rings (SSSR count). The van der Waals surface area contributed by atoms with E-state index in [0.29, 0.717) is 12.0 Å². The van der Waals surface area contributed by atoms with Crippen LogP contribution < -0.4 is 0 Å². The Bertz CT molecular complexity index is 620. The fourth-order valence-electron chi connectivity index (χ4n) is 2.26. The van der Waals surface area contributed by atoms with Crippen molar-refractivity contribution >= 4 is 5.97 Å². The minimum Gasteiger partial charge on any atom is -0.508 e. The number of aryl methyl sites for hydroxylation is 1. The number of allylic oxidation sites excluding steroid dienone is 4. The Morgan fingerprint density at radius 2 is 1.82 bits per heavy atom. The van der Waals surface area contributed by atoms with E-state index in [9.17, 15) is 15.0 Å². The van der Waals surface area contributed by atoms with Crippen molar-refractivity contribution in [2.75, 3.05) is 0 Å². The smallest absolute Gasteiger partial charge is 0.339 e. The van der Waals surface area contributed by atoms with Crippen LogP contribution in [0.1, 0.15) is 55.1 Å². The summed E-state index contributed by atoms with van der Waals surface area (Å²) in [6.07, 6.45) is 6.20. The first-order valence-electron chi connectivity index (χ1n) is 7.30. The van der Waals surface area contributed by atoms with Crippen molar-refractivity contribution in [1.82, 2.24) is 0 Å². The predicted molar refractivity (Wildman–Crippen MR) is 87.6 cm³/mol. The van der Waals surface area contributed by atoms with Crippen molar-refractivity contribution in [3.63, 3.8) is 0 Å². The first-order valence-corrected chi connectivity index (χ1v) is 7.30. The number of aromatic carboxylic acids is 1. The third kappa shape index (κ3) is 4.65. The first kappa shape index (κ1) is 17.8. The van der Waals surface area contributed by atoms with Crippen molar-refractivity contribution in [2.24, 2.45) is 0 Å². The molecule has 120 valence electrons. The molecular formula is C18H24O4. The zero-order chi connectivity index (χ0) is 16.9. The summed E-state index contributed by atoms with van der Waals surface area (Å²) in [5.74, 6) is -1.62. The summed E-state index contributed by atoms with van der Waals surface area (Å²) in [6.45, 7) is 7.64. The van der Waals surface area contributed by atoms with Gasteiger partial charge in [0, 0.05) is 5.56 Å². The molecule has 0 unspecified atom stereocenters. The van der Waals surface area contributed by atoms with E-state index in [0.717, 1.165) is 18.4 Å². The SMILES string of the molecule is CC(C)=CCC/C(C)=C/Cc1c(O)cc(C)c(C(=O)O)c1O. The zero-order valence-electron chi connectivity index (χ0n) is 13.6. The van der Waals surface area contributed by atoms with E-state index >= 15 is 0 Å². The van der Waals surface area contributed by atoms with E-state index < -0.39 is 5.97 Å². The van der Waals surface area contributed by atoms with Crippen LogP contribution in [0.25, 0.3) is 0 Å². The number of rotatable bonds is 6. The van der Waals surface area contributed by atoms with Gasteiger partial charge in [-0.1, -0.05) is 23.3 Å². The maximum Gasteiger partial charge on any atom is 0.339 e. The van der Waals surface area contributed by atoms with E-state index in [1.54, 1.807) is 6.92 Å². The number of phenols is 2. The summed E-state index contributed by atoms with van der Waals surface area (Å²) < 4.78 is 0. The number of hydrogen-bond acceptors (Lipinski definition) is 3. The van der Waals surface area contributed by atoms with Gasteiger partial charge in [0.05, 0.1) is 0 Å². The second-order valence-electron chi connectivity index (χ2n) is 5.79. The Kier molecular flexibility index (Phi) is 6.23. The highest BCUT2D eigenvalue weighted by atomic mass is 16.4. The Balaban J connectivity index is 2.96. The molecule has 0 amide bonds. The minimum absolute atomic E-state index is 0.0756. The average molecular weight is 304 g/mol. The van der Waals surface area contributed by atoms with Crippen LogP contribution in [0.5, 0.6) is 11.5 Å². The molecule has 0 aliphatic heterocycles. The highest BCUT2D eigenvalue weighted by molar-refractivity contribution is 5.93. The lowest BCUT2D eigenvalue weighted by atomic mass is 9.98. The van der Waals surface area contributed by atoms with E-state index in [1.165, 1.54) is 11.6 Å². The van der Waals surface area contributed by atoms with Crippen molar-refractivity contribution in [2.45, 2.75) is 47.0 Å². The average Bonchev–Trinajstić information content (AvgIpc) is 2.36. The molecule has 0 radical (unpaired) electrons. The fourth-order valence-corrected chi connectivity index (χ4v) is 2.26. The van der Waals surface area contributed by atoms with Gasteiger partial charge in [0.15, 0.2) is 0 Å². The maximum atomic E-state index is 11.2. The molecular weight excluding hydrogens is 280 g/mol. The van der Waals surface area contributed by atoms with Crippen molar-refractivity contribution in [3.05, 3.63) is 46.1 Å². The largest absolute Gasteiger partial charge is 0.508 e. The minimum atomic E-state index is -1.19. The van der Waals surface area contributed by atoms with Crippen LogP contribution in [0.3, 0.4) is 0 Å². The molecule has 0 saturated heterocycles. The van der Waals surface area contributed by atoms with Gasteiger partial charge in [-0.25, -0.2) is 4.79 Å². The monoisotopic (exact) mass is 304 g/mol. The summed E-state index contributed by atoms with van der Waals surface area (Å²) in [5.41, 5.74) is 2.85. The second kappa shape index (κ2) is 7.69. The predicted octanol–water partition coefficient (Wildman–Crippen LogP) is 4.34. The third-order valence-electron chi connectivity index (χ3n) is 3.54. The van der Waals surface area contributed by atoms with Gasteiger partial charge < -0.3 is 15.3 Å². The Morgan fingerprint density at radius 3 is 2.36 bits per heavy atom. The molecule has 0 bridgehead atoms. The fraction of sp³-hybridized carbons (Fsp3) is 0.389. The van der Waals surface area contributed by atoms with Gasteiger partial charge in [0.1, 0.15) is 17.1 Å². The van der Waals surface area contributed by atoms with E-state index in [2.05, 4.69) is 19.9 Å². The molecule has 0 aliphatic carbocycles. The number of carbonyl (C=O) groups is 1. The normalized spacial score (nSPS) is 11.4. The molecule has 0 heterocycles. The number of aromatic hydroxyl groups is 2. The molecule has 3 N–H and O–H groups in total. The molecule has 4 nitrogen and oxygen atoms in total. The summed E-state index contributed by atoms with van der Waals surface area (Å²) in [7, 11) is 0. The van der Waals surface area contributed by atoms with Crippen LogP contribution in [-0.2, 0) is 6.42 Å². The lowest BCUT2D eigenvalue weighted by molar-refractivity contribution is 0.0692. The van der Waals surface area contributed by atoms with E-state index in [4.69, 9.17) is 5.11 Å². The lowest BCUT2D eigenvalue weighted by Gasteiger charge is -2.11. The van der Waals surface area contributed by atoms with Gasteiger partial charge in [-0.15, -0.1) is 0 Å². The zero-order valence-corrected chi connectivity index (χ0v) is 13.6. The number of hydrogen-bond donors (Lipinski definition) is 3. The van der Waals surface area contributed by atoms with E-state index in [-0.39, 0.29) is 22.6 Å². The molecule has 1 aromatic carbocycles. The van der Waals surface area contributed by atoms with Gasteiger partial charge >= 0.3 is 5.97 Å². The Labute approximate surface area is 131 Å². The van der Waals surface area contributed by atoms with Crippen LogP contribution in [0.15, 0.2) is 29.4 Å². The van der Waals surface area contributed by atoms with Crippen LogP contribution in [0.4, 0.5) is 0 Å². The van der Waals surface area contributed by atoms with Crippen LogP contribution in [0.2, 0.25) is 0 Å². The van der Waals surface area contributed by atoms with Crippen molar-refractivity contribution in [1.29, 1.82) is 0 Å². The maximum absolute atomic E-state index is 11.2. The summed E-state index contributed by atoms with van der Waals surface area (Å²) in [6, 6.07) is 1.38. The molecule has 0 aliphatic rings. The van der Waals surface area contributed by atoms with Crippen molar-refractivity contribution in [3.8, 4) is 11.5 Å². The molecule has 1 aromatic rings. The third-order valence-corrected chi connectivity index (χ3v) is 3.54. The first-order chi connectivity index (χ1) is 10.2. The van der Waals surface area contributed by atoms with Gasteiger partial charge in [-0.2, -0.15) is 0 Å². The van der Waals surface area contributed by atoms with Crippen LogP contribution >= 0.6 is 0 Å². The van der Waals surface area contributed by atoms with Crippen LogP contribution in [-0.4, -0.2) is 21.3 Å². The molecule has 22 heavy (non-hydrogen) atoms. The Morgan fingerprint density at radius 1 is 1.18 bits per heavy atom. The quantitative estimate of drug-likeness (QED) is 0.683. The second-order valence-corrected chi connectivity index (χ2v) is 5.79. The number of carboxylic acid groups (broad SMARTS) is 1. The van der Waals surface area contributed by atoms with E-state index in [1.807, 2.05) is 13.0 Å². The van der Waals surface area contributed by atoms with Gasteiger partial charge in [0.25, 0.3) is 0 Å². The molecule has 0 spiro atoms. The Hall–Kier alpha value is -2.23. The lowest BCUT2D eigenvalue weighted by Crippen LogP contribution is -2.02. The number of benzene rings is 1. The van der Waals surface area contributed by atoms with Crippen molar-refractivity contribution < 1.29 is 20.1 Å². The standard InChI is InChI=1S/C18H24O4/c1-11(2)6-5-7-12(3)8-9-14-15(19)10-13(4)16(17(14)20)18(21)22/h6,8,10,19-20H,5,7,9H2,1-4H3,(H,21,22)/b12-8+. The molecule has 0 atom stereocenters. The topological polar surface area (TPSA) is 77.8 Å². The summed E-state index contributed by atoms with van der Waals surface area (Å²) in [4.78, 5) is 11.2. The summed E-state index contributed by atoms with van der Waals surface area (Å²) >= 11 is 0. The summed E-state index contributed by atoms with van der Waals surface area (Å²) in [5, 5.41) is 29.2. The van der Waals surface area contributed by atoms with Crippen LogP contribution in [0, 0.1) is 6.92 Å². The molecule has 0 fully saturated rings. The highest BCUT2D eigenvalue weighted by Gasteiger charge is 2.19. The number of carboxylic acids is 1. The van der Waals surface area contributed by atoms with Gasteiger partial charge in [-0.3, -0.25) is 0 Å². The highest BCUT2D eigenvalue weighted by Crippen LogP contribution is 2.34. The molecule has 0 aromatic heterocycles. The van der Waals surface area contributed by atoms with Gasteiger partial charge in [-0.05, 0) is 58.6 Å². The van der Waals surface area contributed by atoms with Gasteiger partial charge in [0.2, 0.25) is 0 Å².